The highest BCUT2D eigenvalue weighted by Gasteiger charge is 2.30. The van der Waals surface area contributed by atoms with Gasteiger partial charge >= 0.3 is 0 Å². The van der Waals surface area contributed by atoms with Gasteiger partial charge in [0.25, 0.3) is 0 Å². The highest BCUT2D eigenvalue weighted by molar-refractivity contribution is 5.96. The van der Waals surface area contributed by atoms with Crippen LogP contribution in [0.4, 0.5) is 0 Å². The zero-order chi connectivity index (χ0) is 26.0. The lowest BCUT2D eigenvalue weighted by Gasteiger charge is -2.40. The van der Waals surface area contributed by atoms with E-state index in [2.05, 4.69) is 54.2 Å². The summed E-state index contributed by atoms with van der Waals surface area (Å²) < 4.78 is 0. The summed E-state index contributed by atoms with van der Waals surface area (Å²) in [7, 11) is 4.31. The average molecular weight is 499 g/mol. The summed E-state index contributed by atoms with van der Waals surface area (Å²) in [5.74, 6) is 0.210. The van der Waals surface area contributed by atoms with Gasteiger partial charge in [-0.05, 0) is 63.9 Å². The number of nitrogens with zero attached hydrogens (tertiary/aromatic N) is 2. The zero-order valence-corrected chi connectivity index (χ0v) is 22.4. The molecule has 2 fully saturated rings. The molecule has 1 N–H and O–H groups in total. The summed E-state index contributed by atoms with van der Waals surface area (Å²) in [6, 6.07) is 31.4. The van der Waals surface area contributed by atoms with Gasteiger partial charge < -0.3 is 5.11 Å². The fourth-order valence-corrected chi connectivity index (χ4v) is 5.86. The lowest BCUT2D eigenvalue weighted by Crippen LogP contribution is -2.45. The van der Waals surface area contributed by atoms with E-state index in [0.717, 1.165) is 36.8 Å². The molecule has 5 rings (SSSR count). The van der Waals surface area contributed by atoms with Crippen molar-refractivity contribution in [3.63, 3.8) is 0 Å². The van der Waals surface area contributed by atoms with Crippen molar-refractivity contribution < 1.29 is 9.90 Å². The number of Topliss-reactive ketones (excluding diaryl/α,β-unsaturated/α-hetero) is 1. The molecule has 196 valence electrons. The first-order valence-corrected chi connectivity index (χ1v) is 13.8. The SMILES string of the molecule is CN1C(CC(=O)c2ccccc2)CCCC1C[C@@H](O)c1ccccc1.CN1CCCC1c1ccccc1. The Hall–Kier alpha value is -2.79. The van der Waals surface area contributed by atoms with Gasteiger partial charge in [0.15, 0.2) is 5.78 Å². The summed E-state index contributed by atoms with van der Waals surface area (Å²) in [4.78, 5) is 17.3. The minimum Gasteiger partial charge on any atom is -0.388 e. The van der Waals surface area contributed by atoms with Crippen LogP contribution in [0.1, 0.15) is 78.6 Å². The molecule has 4 atom stereocenters. The molecule has 3 aromatic rings. The van der Waals surface area contributed by atoms with Crippen molar-refractivity contribution in [2.75, 3.05) is 20.6 Å². The minimum atomic E-state index is -0.447. The van der Waals surface area contributed by atoms with Gasteiger partial charge in [0.2, 0.25) is 0 Å². The number of benzene rings is 3. The van der Waals surface area contributed by atoms with Crippen molar-refractivity contribution in [2.45, 2.75) is 69.2 Å². The summed E-state index contributed by atoms with van der Waals surface area (Å²) in [5.41, 5.74) is 3.23. The Kier molecular flexibility index (Phi) is 10.1. The van der Waals surface area contributed by atoms with Gasteiger partial charge in [-0.25, -0.2) is 0 Å². The number of carbonyl (C=O) groups excluding carboxylic acids is 1. The van der Waals surface area contributed by atoms with Crippen LogP contribution in [-0.4, -0.2) is 53.4 Å². The highest BCUT2D eigenvalue weighted by atomic mass is 16.3. The Labute approximate surface area is 222 Å². The maximum atomic E-state index is 12.5. The molecular formula is C33H42N2O2. The molecule has 3 unspecified atom stereocenters. The number of aliphatic hydroxyl groups excluding tert-OH is 1. The van der Waals surface area contributed by atoms with E-state index in [4.69, 9.17) is 0 Å². The average Bonchev–Trinajstić information content (AvgIpc) is 3.38. The van der Waals surface area contributed by atoms with Gasteiger partial charge in [0, 0.05) is 30.1 Å². The van der Waals surface area contributed by atoms with E-state index in [9.17, 15) is 9.90 Å². The third kappa shape index (κ3) is 7.61. The first-order valence-electron chi connectivity index (χ1n) is 13.8. The van der Waals surface area contributed by atoms with Crippen LogP contribution in [-0.2, 0) is 0 Å². The van der Waals surface area contributed by atoms with E-state index >= 15 is 0 Å². The topological polar surface area (TPSA) is 43.8 Å². The van der Waals surface area contributed by atoms with Gasteiger partial charge in [-0.15, -0.1) is 0 Å². The second kappa shape index (κ2) is 13.7. The quantitative estimate of drug-likeness (QED) is 0.369. The number of likely N-dealkylation sites (tertiary alicyclic amines) is 2. The lowest BCUT2D eigenvalue weighted by atomic mass is 9.88. The monoisotopic (exact) mass is 498 g/mol. The Morgan fingerprint density at radius 3 is 2.03 bits per heavy atom. The maximum Gasteiger partial charge on any atom is 0.164 e. The van der Waals surface area contributed by atoms with Crippen LogP contribution in [0.15, 0.2) is 91.0 Å². The number of rotatable bonds is 7. The molecule has 3 aromatic carbocycles. The lowest BCUT2D eigenvalue weighted by molar-refractivity contribution is 0.0549. The molecule has 0 radical (unpaired) electrons. The van der Waals surface area contributed by atoms with Gasteiger partial charge in [-0.2, -0.15) is 0 Å². The van der Waals surface area contributed by atoms with Crippen molar-refractivity contribution in [1.82, 2.24) is 9.80 Å². The number of aliphatic hydroxyl groups is 1. The first-order chi connectivity index (χ1) is 18.0. The van der Waals surface area contributed by atoms with E-state index < -0.39 is 6.10 Å². The van der Waals surface area contributed by atoms with E-state index in [1.807, 2.05) is 60.7 Å². The zero-order valence-electron chi connectivity index (χ0n) is 22.4. The number of ketones is 1. The Morgan fingerprint density at radius 2 is 1.41 bits per heavy atom. The molecule has 37 heavy (non-hydrogen) atoms. The van der Waals surface area contributed by atoms with Crippen molar-refractivity contribution in [3.8, 4) is 0 Å². The summed E-state index contributed by atoms with van der Waals surface area (Å²) in [5, 5.41) is 10.5. The molecule has 2 heterocycles. The molecule has 0 bridgehead atoms. The van der Waals surface area contributed by atoms with Crippen LogP contribution in [0.5, 0.6) is 0 Å². The fourth-order valence-electron chi connectivity index (χ4n) is 5.86. The molecule has 0 spiro atoms. The van der Waals surface area contributed by atoms with E-state index in [0.29, 0.717) is 18.5 Å². The molecule has 2 aliphatic rings. The predicted molar refractivity (Wildman–Crippen MR) is 152 cm³/mol. The van der Waals surface area contributed by atoms with Crippen LogP contribution < -0.4 is 0 Å². The second-order valence-corrected chi connectivity index (χ2v) is 10.6. The smallest absolute Gasteiger partial charge is 0.164 e. The predicted octanol–water partition coefficient (Wildman–Crippen LogP) is 6.69. The third-order valence-electron chi connectivity index (χ3n) is 8.13. The number of piperidine rings is 1. The molecule has 2 saturated heterocycles. The van der Waals surface area contributed by atoms with E-state index in [-0.39, 0.29) is 11.8 Å². The summed E-state index contributed by atoms with van der Waals surface area (Å²) >= 11 is 0. The van der Waals surface area contributed by atoms with Crippen molar-refractivity contribution >= 4 is 5.78 Å². The maximum absolute atomic E-state index is 12.5. The largest absolute Gasteiger partial charge is 0.388 e. The molecule has 4 nitrogen and oxygen atoms in total. The Balaban J connectivity index is 0.000000222. The fraction of sp³-hybridized carbons (Fsp3) is 0.424. The van der Waals surface area contributed by atoms with E-state index in [1.165, 1.54) is 24.9 Å². The number of hydrogen-bond acceptors (Lipinski definition) is 4. The third-order valence-corrected chi connectivity index (χ3v) is 8.13. The summed E-state index contributed by atoms with van der Waals surface area (Å²) in [6.45, 7) is 1.25. The molecule has 4 heteroatoms. The highest BCUT2D eigenvalue weighted by Crippen LogP contribution is 2.31. The molecular weight excluding hydrogens is 456 g/mol. The van der Waals surface area contributed by atoms with Gasteiger partial charge in [-0.1, -0.05) is 97.4 Å². The van der Waals surface area contributed by atoms with Crippen LogP contribution in [0.3, 0.4) is 0 Å². The Morgan fingerprint density at radius 1 is 0.811 bits per heavy atom. The second-order valence-electron chi connectivity index (χ2n) is 10.6. The van der Waals surface area contributed by atoms with Gasteiger partial charge in [0.05, 0.1) is 6.10 Å². The molecule has 0 amide bonds. The minimum absolute atomic E-state index is 0.210. The Bertz CT molecular complexity index is 1070. The molecule has 2 aliphatic heterocycles. The first kappa shape index (κ1) is 27.3. The van der Waals surface area contributed by atoms with Crippen LogP contribution >= 0.6 is 0 Å². The van der Waals surface area contributed by atoms with Crippen LogP contribution in [0, 0.1) is 0 Å². The normalized spacial score (nSPS) is 23.2. The molecule has 0 aliphatic carbocycles. The standard InChI is InChI=1S/C22H27NO2.C11H15N/c1-23-19(15-21(24)17-9-4-2-5-10-17)13-8-14-20(23)16-22(25)18-11-6-3-7-12-18;1-12-9-5-8-11(12)10-6-3-2-4-7-10/h2-7,9-12,19-21,24H,8,13-16H2,1H3;2-4,6-7,11H,5,8-9H2,1H3/t19?,20?,21-;/m1./s1. The van der Waals surface area contributed by atoms with Crippen molar-refractivity contribution in [2.24, 2.45) is 0 Å². The summed E-state index contributed by atoms with van der Waals surface area (Å²) in [6.07, 6.45) is 6.73. The van der Waals surface area contributed by atoms with Gasteiger partial charge in [-0.3, -0.25) is 14.6 Å². The molecule has 0 aromatic heterocycles. The number of hydrogen-bond donors (Lipinski definition) is 1. The van der Waals surface area contributed by atoms with Crippen LogP contribution in [0.2, 0.25) is 0 Å². The van der Waals surface area contributed by atoms with Gasteiger partial charge in [0.1, 0.15) is 0 Å². The van der Waals surface area contributed by atoms with E-state index in [1.54, 1.807) is 0 Å². The van der Waals surface area contributed by atoms with Crippen LogP contribution in [0.25, 0.3) is 0 Å². The van der Waals surface area contributed by atoms with Crippen molar-refractivity contribution in [1.29, 1.82) is 0 Å². The molecule has 0 saturated carbocycles. The number of carbonyl (C=O) groups is 1. The van der Waals surface area contributed by atoms with Crippen molar-refractivity contribution in [3.05, 3.63) is 108 Å².